The zero-order chi connectivity index (χ0) is 9.97. The predicted octanol–water partition coefficient (Wildman–Crippen LogP) is 1.16. The summed E-state index contributed by atoms with van der Waals surface area (Å²) in [5.41, 5.74) is 0. The number of rotatable bonds is 1. The van der Waals surface area contributed by atoms with Gasteiger partial charge in [-0.25, -0.2) is 0 Å². The second kappa shape index (κ2) is 4.53. The van der Waals surface area contributed by atoms with Crippen LogP contribution in [0, 0.1) is 0 Å². The smallest absolute Gasteiger partial charge is 0.157 e. The lowest BCUT2D eigenvalue weighted by atomic mass is 10.1. The Balaban J connectivity index is 1.75. The first-order valence-corrected chi connectivity index (χ1v) is 6.28. The molecule has 0 aromatic heterocycles. The molecule has 1 saturated heterocycles. The maximum atomic E-state index is 4.48. The van der Waals surface area contributed by atoms with Gasteiger partial charge in [0, 0.05) is 11.3 Å². The van der Waals surface area contributed by atoms with E-state index in [2.05, 4.69) is 29.2 Å². The SMILES string of the molecule is CC1CN=C(NC2CCN(C)CC2)S1. The minimum Gasteiger partial charge on any atom is -0.362 e. The fourth-order valence-corrected chi connectivity index (χ4v) is 2.80. The highest BCUT2D eigenvalue weighted by Crippen LogP contribution is 2.20. The van der Waals surface area contributed by atoms with Gasteiger partial charge >= 0.3 is 0 Å². The first kappa shape index (κ1) is 10.3. The third-order valence-corrected chi connectivity index (χ3v) is 3.87. The molecule has 14 heavy (non-hydrogen) atoms. The largest absolute Gasteiger partial charge is 0.362 e. The van der Waals surface area contributed by atoms with Gasteiger partial charge in [0.2, 0.25) is 0 Å². The summed E-state index contributed by atoms with van der Waals surface area (Å²) in [4.78, 5) is 6.88. The molecule has 2 aliphatic rings. The van der Waals surface area contributed by atoms with Gasteiger partial charge in [-0.15, -0.1) is 0 Å². The van der Waals surface area contributed by atoms with E-state index in [1.165, 1.54) is 31.1 Å². The second-order valence-electron chi connectivity index (χ2n) is 4.30. The molecule has 0 saturated carbocycles. The lowest BCUT2D eigenvalue weighted by Gasteiger charge is -2.29. The summed E-state index contributed by atoms with van der Waals surface area (Å²) in [7, 11) is 2.19. The van der Waals surface area contributed by atoms with Crippen LogP contribution in [0.5, 0.6) is 0 Å². The Morgan fingerprint density at radius 2 is 2.14 bits per heavy atom. The average molecular weight is 213 g/mol. The van der Waals surface area contributed by atoms with Gasteiger partial charge in [-0.3, -0.25) is 4.99 Å². The highest BCUT2D eigenvalue weighted by Gasteiger charge is 2.21. The lowest BCUT2D eigenvalue weighted by Crippen LogP contribution is -2.42. The summed E-state index contributed by atoms with van der Waals surface area (Å²) in [6.07, 6.45) is 2.51. The van der Waals surface area contributed by atoms with Crippen LogP contribution in [0.2, 0.25) is 0 Å². The zero-order valence-electron chi connectivity index (χ0n) is 8.99. The van der Waals surface area contributed by atoms with E-state index in [9.17, 15) is 0 Å². The van der Waals surface area contributed by atoms with E-state index in [-0.39, 0.29) is 0 Å². The van der Waals surface area contributed by atoms with Gasteiger partial charge in [0.15, 0.2) is 5.17 Å². The van der Waals surface area contributed by atoms with E-state index in [1.807, 2.05) is 11.8 Å². The van der Waals surface area contributed by atoms with Crippen molar-refractivity contribution in [2.75, 3.05) is 26.7 Å². The molecule has 0 bridgehead atoms. The number of nitrogens with one attached hydrogen (secondary N) is 1. The Hall–Kier alpha value is -0.220. The molecular formula is C10H19N3S. The van der Waals surface area contributed by atoms with Crippen LogP contribution >= 0.6 is 11.8 Å². The number of piperidine rings is 1. The normalized spacial score (nSPS) is 30.4. The molecule has 0 radical (unpaired) electrons. The molecule has 1 atom stereocenters. The molecule has 2 aliphatic heterocycles. The fraction of sp³-hybridized carbons (Fsp3) is 0.900. The lowest BCUT2D eigenvalue weighted by molar-refractivity contribution is 0.247. The third-order valence-electron chi connectivity index (χ3n) is 2.85. The van der Waals surface area contributed by atoms with Crippen molar-refractivity contribution in [1.29, 1.82) is 0 Å². The molecule has 1 N–H and O–H groups in total. The Bertz CT molecular complexity index is 221. The number of amidine groups is 1. The standard InChI is InChI=1S/C10H19N3S/c1-8-7-11-10(14-8)12-9-3-5-13(2)6-4-9/h8-9H,3-7H2,1-2H3,(H,11,12). The molecule has 0 spiro atoms. The molecule has 0 aromatic rings. The summed E-state index contributed by atoms with van der Waals surface area (Å²) in [6.45, 7) is 5.65. The van der Waals surface area contributed by atoms with E-state index in [4.69, 9.17) is 0 Å². The second-order valence-corrected chi connectivity index (χ2v) is 5.72. The molecular weight excluding hydrogens is 194 g/mol. The van der Waals surface area contributed by atoms with Crippen molar-refractivity contribution in [2.24, 2.45) is 4.99 Å². The van der Waals surface area contributed by atoms with Crippen LogP contribution in [0.25, 0.3) is 0 Å². The number of thioether (sulfide) groups is 1. The third kappa shape index (κ3) is 2.64. The maximum Gasteiger partial charge on any atom is 0.157 e. The minimum atomic E-state index is 0.655. The monoisotopic (exact) mass is 213 g/mol. The van der Waals surface area contributed by atoms with Crippen molar-refractivity contribution in [3.8, 4) is 0 Å². The van der Waals surface area contributed by atoms with Crippen LogP contribution in [-0.4, -0.2) is 48.0 Å². The molecule has 0 aromatic carbocycles. The van der Waals surface area contributed by atoms with E-state index in [0.717, 1.165) is 6.54 Å². The Kier molecular flexibility index (Phi) is 3.34. The predicted molar refractivity (Wildman–Crippen MR) is 63.0 cm³/mol. The van der Waals surface area contributed by atoms with Crippen LogP contribution in [0.1, 0.15) is 19.8 Å². The van der Waals surface area contributed by atoms with E-state index in [0.29, 0.717) is 11.3 Å². The number of likely N-dealkylation sites (tertiary alicyclic amines) is 1. The molecule has 2 rings (SSSR count). The summed E-state index contributed by atoms with van der Waals surface area (Å²) in [5.74, 6) is 0. The summed E-state index contributed by atoms with van der Waals surface area (Å²) >= 11 is 1.89. The molecule has 0 aliphatic carbocycles. The number of nitrogens with zero attached hydrogens (tertiary/aromatic N) is 2. The Morgan fingerprint density at radius 3 is 2.71 bits per heavy atom. The van der Waals surface area contributed by atoms with E-state index < -0.39 is 0 Å². The fourth-order valence-electron chi connectivity index (χ4n) is 1.88. The van der Waals surface area contributed by atoms with Gasteiger partial charge in [0.25, 0.3) is 0 Å². The molecule has 1 fully saturated rings. The Morgan fingerprint density at radius 1 is 1.43 bits per heavy atom. The number of aliphatic imine (C=N–C) groups is 1. The molecule has 3 nitrogen and oxygen atoms in total. The van der Waals surface area contributed by atoms with Crippen molar-refractivity contribution >= 4 is 16.9 Å². The molecule has 1 unspecified atom stereocenters. The maximum absolute atomic E-state index is 4.48. The van der Waals surface area contributed by atoms with E-state index >= 15 is 0 Å². The van der Waals surface area contributed by atoms with Crippen molar-refractivity contribution < 1.29 is 0 Å². The number of hydrogen-bond donors (Lipinski definition) is 1. The highest BCUT2D eigenvalue weighted by molar-refractivity contribution is 8.14. The Labute approximate surface area is 90.3 Å². The van der Waals surface area contributed by atoms with Gasteiger partial charge in [0.1, 0.15) is 0 Å². The van der Waals surface area contributed by atoms with Crippen LogP contribution in [0.15, 0.2) is 4.99 Å². The van der Waals surface area contributed by atoms with Gasteiger partial charge in [-0.05, 0) is 33.0 Å². The quantitative estimate of drug-likeness (QED) is 0.708. The van der Waals surface area contributed by atoms with Gasteiger partial charge in [-0.1, -0.05) is 18.7 Å². The van der Waals surface area contributed by atoms with Gasteiger partial charge in [0.05, 0.1) is 6.54 Å². The molecule has 80 valence electrons. The molecule has 0 amide bonds. The van der Waals surface area contributed by atoms with E-state index in [1.54, 1.807) is 0 Å². The average Bonchev–Trinajstić information content (AvgIpc) is 2.56. The van der Waals surface area contributed by atoms with Crippen molar-refractivity contribution in [2.45, 2.75) is 31.1 Å². The van der Waals surface area contributed by atoms with Crippen LogP contribution in [0.4, 0.5) is 0 Å². The first-order chi connectivity index (χ1) is 6.74. The molecule has 4 heteroatoms. The minimum absolute atomic E-state index is 0.655. The summed E-state index contributed by atoms with van der Waals surface area (Å²) < 4.78 is 0. The van der Waals surface area contributed by atoms with Crippen LogP contribution in [0.3, 0.4) is 0 Å². The van der Waals surface area contributed by atoms with Gasteiger partial charge in [-0.2, -0.15) is 0 Å². The van der Waals surface area contributed by atoms with Crippen LogP contribution < -0.4 is 5.32 Å². The summed E-state index contributed by atoms with van der Waals surface area (Å²) in [5, 5.41) is 5.40. The number of hydrogen-bond acceptors (Lipinski definition) is 4. The molecule has 2 heterocycles. The van der Waals surface area contributed by atoms with Gasteiger partial charge < -0.3 is 10.2 Å². The first-order valence-electron chi connectivity index (χ1n) is 5.40. The van der Waals surface area contributed by atoms with Crippen molar-refractivity contribution in [3.63, 3.8) is 0 Å². The van der Waals surface area contributed by atoms with Crippen molar-refractivity contribution in [1.82, 2.24) is 10.2 Å². The topological polar surface area (TPSA) is 27.6 Å². The highest BCUT2D eigenvalue weighted by atomic mass is 32.2. The summed E-state index contributed by atoms with van der Waals surface area (Å²) in [6, 6.07) is 0.655. The van der Waals surface area contributed by atoms with Crippen LogP contribution in [-0.2, 0) is 0 Å². The van der Waals surface area contributed by atoms with Crippen molar-refractivity contribution in [3.05, 3.63) is 0 Å². The zero-order valence-corrected chi connectivity index (χ0v) is 9.81.